The van der Waals surface area contributed by atoms with Crippen molar-refractivity contribution < 1.29 is 23.8 Å². The Kier molecular flexibility index (Phi) is 8.12. The quantitative estimate of drug-likeness (QED) is 0.470. The number of carbonyl (C=O) groups is 2. The van der Waals surface area contributed by atoms with Crippen LogP contribution in [0.2, 0.25) is 0 Å². The number of benzene rings is 3. The Morgan fingerprint density at radius 2 is 1.58 bits per heavy atom. The van der Waals surface area contributed by atoms with E-state index >= 15 is 0 Å². The summed E-state index contributed by atoms with van der Waals surface area (Å²) < 4.78 is 15.7. The summed E-state index contributed by atoms with van der Waals surface area (Å²) in [5.74, 6) is 1.62. The number of amidine groups is 1. The first-order valence-corrected chi connectivity index (χ1v) is 12.1. The molecule has 1 aliphatic rings. The van der Waals surface area contributed by atoms with E-state index in [0.717, 1.165) is 11.3 Å². The van der Waals surface area contributed by atoms with Crippen LogP contribution in [0.1, 0.15) is 12.0 Å². The van der Waals surface area contributed by atoms with Crippen molar-refractivity contribution in [1.82, 2.24) is 4.90 Å². The molecule has 3 aromatic rings. The third kappa shape index (κ3) is 6.17. The lowest BCUT2D eigenvalue weighted by molar-refractivity contribution is -0.129. The van der Waals surface area contributed by atoms with Gasteiger partial charge in [0.05, 0.1) is 33.6 Å². The SMILES string of the molecule is COc1ccc(CN2C(=O)CC(C(=O)Nc3cccc(OC)c3)SC2=Nc2ccc(OC)cc2)cc1. The van der Waals surface area contributed by atoms with Gasteiger partial charge in [-0.1, -0.05) is 30.0 Å². The number of ether oxygens (including phenoxy) is 3. The molecule has 1 heterocycles. The van der Waals surface area contributed by atoms with Gasteiger partial charge in [-0.25, -0.2) is 4.99 Å². The lowest BCUT2D eigenvalue weighted by atomic mass is 10.2. The summed E-state index contributed by atoms with van der Waals surface area (Å²) >= 11 is 1.27. The number of hydrogen-bond donors (Lipinski definition) is 1. The van der Waals surface area contributed by atoms with E-state index < -0.39 is 5.25 Å². The monoisotopic (exact) mass is 505 g/mol. The molecule has 1 atom stereocenters. The molecule has 0 spiro atoms. The van der Waals surface area contributed by atoms with E-state index in [-0.39, 0.29) is 18.2 Å². The average Bonchev–Trinajstić information content (AvgIpc) is 2.91. The van der Waals surface area contributed by atoms with Crippen LogP contribution in [0.15, 0.2) is 77.8 Å². The number of nitrogens with one attached hydrogen (secondary N) is 1. The Morgan fingerprint density at radius 1 is 0.944 bits per heavy atom. The normalized spacial score (nSPS) is 16.5. The molecule has 0 saturated carbocycles. The van der Waals surface area contributed by atoms with Crippen LogP contribution in [0.4, 0.5) is 11.4 Å². The molecule has 9 heteroatoms. The predicted octanol–water partition coefficient (Wildman–Crippen LogP) is 4.87. The lowest BCUT2D eigenvalue weighted by Crippen LogP contribution is -2.44. The molecule has 1 saturated heterocycles. The molecule has 36 heavy (non-hydrogen) atoms. The smallest absolute Gasteiger partial charge is 0.238 e. The van der Waals surface area contributed by atoms with Crippen LogP contribution in [0, 0.1) is 0 Å². The molecule has 0 aromatic heterocycles. The minimum atomic E-state index is -0.632. The first-order chi connectivity index (χ1) is 17.5. The number of anilines is 1. The highest BCUT2D eigenvalue weighted by atomic mass is 32.2. The summed E-state index contributed by atoms with van der Waals surface area (Å²) in [4.78, 5) is 32.7. The third-order valence-electron chi connectivity index (χ3n) is 5.57. The van der Waals surface area contributed by atoms with E-state index in [0.29, 0.717) is 34.6 Å². The van der Waals surface area contributed by atoms with Crippen molar-refractivity contribution in [2.24, 2.45) is 4.99 Å². The number of hydrogen-bond acceptors (Lipinski definition) is 7. The fourth-order valence-electron chi connectivity index (χ4n) is 3.60. The molecule has 0 bridgehead atoms. The first kappa shape index (κ1) is 25.1. The average molecular weight is 506 g/mol. The Bertz CT molecular complexity index is 1250. The summed E-state index contributed by atoms with van der Waals surface area (Å²) in [6.07, 6.45) is 0.0538. The maximum absolute atomic E-state index is 13.3. The van der Waals surface area contributed by atoms with Crippen LogP contribution in [-0.4, -0.2) is 48.5 Å². The van der Waals surface area contributed by atoms with Crippen LogP contribution in [0.3, 0.4) is 0 Å². The summed E-state index contributed by atoms with van der Waals surface area (Å²) in [5.41, 5.74) is 2.17. The molecule has 1 fully saturated rings. The molecule has 1 aliphatic heterocycles. The molecular weight excluding hydrogens is 478 g/mol. The molecule has 1 unspecified atom stereocenters. The van der Waals surface area contributed by atoms with Gasteiger partial charge < -0.3 is 19.5 Å². The second-order valence-electron chi connectivity index (χ2n) is 7.95. The molecule has 2 amide bonds. The Balaban J connectivity index is 1.58. The fraction of sp³-hybridized carbons (Fsp3) is 0.222. The van der Waals surface area contributed by atoms with E-state index in [9.17, 15) is 9.59 Å². The van der Waals surface area contributed by atoms with Gasteiger partial charge in [-0.2, -0.15) is 0 Å². The van der Waals surface area contributed by atoms with E-state index in [1.807, 2.05) is 36.4 Å². The minimum absolute atomic E-state index is 0.0538. The van der Waals surface area contributed by atoms with E-state index in [1.54, 1.807) is 62.6 Å². The molecular formula is C27H27N3O5S. The highest BCUT2D eigenvalue weighted by Crippen LogP contribution is 2.32. The van der Waals surface area contributed by atoms with Gasteiger partial charge in [0.2, 0.25) is 11.8 Å². The van der Waals surface area contributed by atoms with Gasteiger partial charge in [0.25, 0.3) is 0 Å². The van der Waals surface area contributed by atoms with Gasteiger partial charge >= 0.3 is 0 Å². The minimum Gasteiger partial charge on any atom is -0.497 e. The number of amides is 2. The van der Waals surface area contributed by atoms with Crippen molar-refractivity contribution in [3.8, 4) is 17.2 Å². The Labute approximate surface area is 214 Å². The van der Waals surface area contributed by atoms with Crippen LogP contribution < -0.4 is 19.5 Å². The zero-order chi connectivity index (χ0) is 25.5. The van der Waals surface area contributed by atoms with Crippen molar-refractivity contribution in [2.45, 2.75) is 18.2 Å². The van der Waals surface area contributed by atoms with Crippen LogP contribution in [0.5, 0.6) is 17.2 Å². The zero-order valence-corrected chi connectivity index (χ0v) is 21.1. The maximum Gasteiger partial charge on any atom is 0.238 e. The molecule has 186 valence electrons. The topological polar surface area (TPSA) is 89.5 Å². The molecule has 1 N–H and O–H groups in total. The largest absolute Gasteiger partial charge is 0.497 e. The number of rotatable bonds is 8. The Morgan fingerprint density at radius 3 is 2.22 bits per heavy atom. The van der Waals surface area contributed by atoms with E-state index in [2.05, 4.69) is 5.32 Å². The summed E-state index contributed by atoms with van der Waals surface area (Å²) in [6, 6.07) is 21.8. The highest BCUT2D eigenvalue weighted by Gasteiger charge is 2.36. The van der Waals surface area contributed by atoms with Crippen molar-refractivity contribution in [3.63, 3.8) is 0 Å². The van der Waals surface area contributed by atoms with Crippen molar-refractivity contribution in [2.75, 3.05) is 26.6 Å². The second kappa shape index (κ2) is 11.6. The van der Waals surface area contributed by atoms with E-state index in [1.165, 1.54) is 11.8 Å². The van der Waals surface area contributed by atoms with Crippen LogP contribution in [-0.2, 0) is 16.1 Å². The zero-order valence-electron chi connectivity index (χ0n) is 20.3. The van der Waals surface area contributed by atoms with Gasteiger partial charge in [0.1, 0.15) is 22.5 Å². The van der Waals surface area contributed by atoms with Crippen LogP contribution >= 0.6 is 11.8 Å². The van der Waals surface area contributed by atoms with E-state index in [4.69, 9.17) is 19.2 Å². The van der Waals surface area contributed by atoms with Gasteiger partial charge in [0.15, 0.2) is 5.17 Å². The van der Waals surface area contributed by atoms with Gasteiger partial charge in [-0.15, -0.1) is 0 Å². The summed E-state index contributed by atoms with van der Waals surface area (Å²) in [5, 5.41) is 2.71. The molecule has 3 aromatic carbocycles. The third-order valence-corrected chi connectivity index (χ3v) is 6.75. The standard InChI is InChI=1S/C27H27N3O5S/c1-33-21-11-7-18(8-12-21)17-30-25(31)16-24(26(32)28-20-5-4-6-23(15-20)35-3)36-27(30)29-19-9-13-22(34-2)14-10-19/h4-15,24H,16-17H2,1-3H3,(H,28,32). The Hall–Kier alpha value is -3.98. The second-order valence-corrected chi connectivity index (χ2v) is 9.12. The molecule has 0 aliphatic carbocycles. The first-order valence-electron chi connectivity index (χ1n) is 11.3. The number of nitrogens with zero attached hydrogens (tertiary/aromatic N) is 2. The number of carbonyl (C=O) groups excluding carboxylic acids is 2. The van der Waals surface area contributed by atoms with Crippen molar-refractivity contribution in [1.29, 1.82) is 0 Å². The predicted molar refractivity (Wildman–Crippen MR) is 141 cm³/mol. The molecule has 4 rings (SSSR count). The molecule has 8 nitrogen and oxygen atoms in total. The summed E-state index contributed by atoms with van der Waals surface area (Å²) in [7, 11) is 4.77. The highest BCUT2D eigenvalue weighted by molar-refractivity contribution is 8.15. The molecule has 0 radical (unpaired) electrons. The van der Waals surface area contributed by atoms with Gasteiger partial charge in [-0.3, -0.25) is 14.5 Å². The maximum atomic E-state index is 13.3. The van der Waals surface area contributed by atoms with Crippen molar-refractivity contribution >= 4 is 40.1 Å². The number of methoxy groups -OCH3 is 3. The number of thioether (sulfide) groups is 1. The summed E-state index contributed by atoms with van der Waals surface area (Å²) in [6.45, 7) is 0.328. The van der Waals surface area contributed by atoms with Crippen molar-refractivity contribution in [3.05, 3.63) is 78.4 Å². The number of aliphatic imine (C=N–C) groups is 1. The lowest BCUT2D eigenvalue weighted by Gasteiger charge is -2.32. The van der Waals surface area contributed by atoms with Crippen LogP contribution in [0.25, 0.3) is 0 Å². The van der Waals surface area contributed by atoms with Gasteiger partial charge in [0, 0.05) is 18.2 Å². The van der Waals surface area contributed by atoms with Gasteiger partial charge in [-0.05, 0) is 54.1 Å². The fourth-order valence-corrected chi connectivity index (χ4v) is 4.70.